The maximum Gasteiger partial charge on any atom is 0.0467 e. The summed E-state index contributed by atoms with van der Waals surface area (Å²) in [6, 6.07) is 58.4. The Morgan fingerprint density at radius 3 is 1.45 bits per heavy atom. The van der Waals surface area contributed by atoms with Crippen LogP contribution in [0.1, 0.15) is 18.4 Å². The van der Waals surface area contributed by atoms with Crippen molar-refractivity contribution in [3.8, 4) is 22.3 Å². The van der Waals surface area contributed by atoms with Gasteiger partial charge >= 0.3 is 0 Å². The fourth-order valence-corrected chi connectivity index (χ4v) is 9.75. The lowest BCUT2D eigenvalue weighted by Gasteiger charge is -2.27. The van der Waals surface area contributed by atoms with E-state index < -0.39 is 0 Å². The van der Waals surface area contributed by atoms with E-state index in [9.17, 15) is 0 Å². The molecule has 1 aliphatic rings. The summed E-state index contributed by atoms with van der Waals surface area (Å²) in [7, 11) is 0. The number of hydrogen-bond acceptors (Lipinski definition) is 3. The molecule has 1 aliphatic carbocycles. The zero-order valence-electron chi connectivity index (χ0n) is 27.9. The van der Waals surface area contributed by atoms with E-state index in [2.05, 4.69) is 181 Å². The summed E-state index contributed by atoms with van der Waals surface area (Å²) in [5, 5.41) is 5.29. The summed E-state index contributed by atoms with van der Waals surface area (Å²) in [6.07, 6.45) is 8.86. The summed E-state index contributed by atoms with van der Waals surface area (Å²) >= 11 is 3.73. The molecule has 0 spiro atoms. The van der Waals surface area contributed by atoms with Crippen molar-refractivity contribution < 1.29 is 0 Å². The van der Waals surface area contributed by atoms with E-state index in [1.54, 1.807) is 0 Å². The van der Waals surface area contributed by atoms with Crippen LogP contribution in [0.3, 0.4) is 0 Å². The molecule has 0 bridgehead atoms. The second kappa shape index (κ2) is 12.5. The molecule has 51 heavy (non-hydrogen) atoms. The summed E-state index contributed by atoms with van der Waals surface area (Å²) in [5.74, 6) is 0. The van der Waals surface area contributed by atoms with Gasteiger partial charge in [-0.15, -0.1) is 22.7 Å². The number of hydrogen-bond donors (Lipinski definition) is 0. The van der Waals surface area contributed by atoms with Crippen molar-refractivity contribution in [2.75, 3.05) is 4.90 Å². The molecule has 1 nitrogen and oxygen atoms in total. The Hall–Kier alpha value is -5.74. The minimum Gasteiger partial charge on any atom is -0.310 e. The molecule has 242 valence electrons. The van der Waals surface area contributed by atoms with E-state index in [0.717, 1.165) is 29.9 Å². The van der Waals surface area contributed by atoms with Gasteiger partial charge in [-0.2, -0.15) is 0 Å². The van der Waals surface area contributed by atoms with Gasteiger partial charge < -0.3 is 4.90 Å². The minimum absolute atomic E-state index is 1.08. The molecule has 7 aromatic carbocycles. The first kappa shape index (κ1) is 30.1. The SMILES string of the molecule is C1=CCCC(c2ccc(N(c3cccc(-c4ccc5sc6ccccc6c5c4)c3)c3cccc(-c4ccc5sc6ccccc6c5c4)c3)cc2)=C1. The molecule has 2 aromatic heterocycles. The van der Waals surface area contributed by atoms with Crippen LogP contribution in [0.15, 0.2) is 176 Å². The van der Waals surface area contributed by atoms with Crippen LogP contribution in [0.2, 0.25) is 0 Å². The first-order valence-corrected chi connectivity index (χ1v) is 19.2. The highest BCUT2D eigenvalue weighted by Crippen LogP contribution is 2.42. The zero-order valence-corrected chi connectivity index (χ0v) is 29.6. The van der Waals surface area contributed by atoms with E-state index in [-0.39, 0.29) is 0 Å². The normalized spacial score (nSPS) is 13.0. The Morgan fingerprint density at radius 2 is 0.902 bits per heavy atom. The quantitative estimate of drug-likeness (QED) is 0.168. The topological polar surface area (TPSA) is 3.24 Å². The number of nitrogens with zero attached hydrogens (tertiary/aromatic N) is 1. The van der Waals surface area contributed by atoms with E-state index in [1.807, 2.05) is 22.7 Å². The predicted octanol–water partition coefficient (Wildman–Crippen LogP) is 15.0. The molecule has 3 heteroatoms. The Balaban J connectivity index is 1.09. The molecule has 10 rings (SSSR count). The third kappa shape index (κ3) is 5.47. The monoisotopic (exact) mass is 687 g/mol. The molecule has 0 saturated heterocycles. The fraction of sp³-hybridized carbons (Fsp3) is 0.0417. The summed E-state index contributed by atoms with van der Waals surface area (Å²) < 4.78 is 5.32. The Kier molecular flexibility index (Phi) is 7.41. The molecule has 0 radical (unpaired) electrons. The van der Waals surface area contributed by atoms with Gasteiger partial charge in [0, 0.05) is 57.4 Å². The van der Waals surface area contributed by atoms with Gasteiger partial charge in [-0.3, -0.25) is 0 Å². The highest BCUT2D eigenvalue weighted by molar-refractivity contribution is 7.26. The van der Waals surface area contributed by atoms with Crippen LogP contribution in [0.4, 0.5) is 17.1 Å². The molecule has 0 atom stereocenters. The van der Waals surface area contributed by atoms with Crippen molar-refractivity contribution in [2.24, 2.45) is 0 Å². The number of anilines is 3. The highest BCUT2D eigenvalue weighted by atomic mass is 32.1. The number of fused-ring (bicyclic) bond motifs is 6. The third-order valence-corrected chi connectivity index (χ3v) is 12.4. The lowest BCUT2D eigenvalue weighted by molar-refractivity contribution is 1.05. The third-order valence-electron chi connectivity index (χ3n) is 10.1. The standard InChI is InChI=1S/C48H33NS2/c1-2-10-32(11-3-1)33-20-24-38(25-21-33)49(39-14-8-12-34(28-39)36-22-26-47-43(30-36)41-16-4-6-18-45(41)50-47)40-15-9-13-35(29-40)37-23-27-48-44(31-37)42-17-5-7-19-46(42)51-48/h1-2,4-10,12-31H,3,11H2. The van der Waals surface area contributed by atoms with Crippen molar-refractivity contribution in [3.05, 3.63) is 182 Å². The van der Waals surface area contributed by atoms with E-state index in [1.165, 1.54) is 73.7 Å². The average molecular weight is 688 g/mol. The molecule has 9 aromatic rings. The lowest BCUT2D eigenvalue weighted by Crippen LogP contribution is -2.10. The molecular formula is C48H33NS2. The van der Waals surface area contributed by atoms with E-state index in [0.29, 0.717) is 0 Å². The van der Waals surface area contributed by atoms with Crippen molar-refractivity contribution in [2.45, 2.75) is 12.8 Å². The van der Waals surface area contributed by atoms with Crippen molar-refractivity contribution in [1.29, 1.82) is 0 Å². The summed E-state index contributed by atoms with van der Waals surface area (Å²) in [4.78, 5) is 2.41. The average Bonchev–Trinajstić information content (AvgIpc) is 3.77. The van der Waals surface area contributed by atoms with E-state index in [4.69, 9.17) is 0 Å². The Morgan fingerprint density at radius 1 is 0.392 bits per heavy atom. The molecule has 0 unspecified atom stereocenters. The fourth-order valence-electron chi connectivity index (χ4n) is 7.58. The second-order valence-corrected chi connectivity index (χ2v) is 15.4. The van der Waals surface area contributed by atoms with Gasteiger partial charge in [-0.1, -0.05) is 103 Å². The summed E-state index contributed by atoms with van der Waals surface area (Å²) in [5.41, 5.74) is 11.0. The number of thiophene rings is 2. The van der Waals surface area contributed by atoms with Crippen molar-refractivity contribution in [3.63, 3.8) is 0 Å². The molecular weight excluding hydrogens is 655 g/mol. The Labute approximate surface area is 305 Å². The first-order valence-electron chi connectivity index (χ1n) is 17.5. The number of rotatable bonds is 6. The lowest BCUT2D eigenvalue weighted by atomic mass is 9.97. The van der Waals surface area contributed by atoms with Crippen LogP contribution in [-0.4, -0.2) is 0 Å². The second-order valence-electron chi connectivity index (χ2n) is 13.3. The van der Waals surface area contributed by atoms with Crippen LogP contribution in [0.5, 0.6) is 0 Å². The van der Waals surface area contributed by atoms with Gasteiger partial charge in [0.15, 0.2) is 0 Å². The maximum absolute atomic E-state index is 2.41. The Bertz CT molecular complexity index is 2660. The van der Waals surface area contributed by atoms with Gasteiger partial charge in [-0.05, 0) is 119 Å². The molecule has 0 aliphatic heterocycles. The van der Waals surface area contributed by atoms with Gasteiger partial charge in [0.05, 0.1) is 0 Å². The molecule has 0 saturated carbocycles. The summed E-state index contributed by atoms with van der Waals surface area (Å²) in [6.45, 7) is 0. The van der Waals surface area contributed by atoms with Crippen molar-refractivity contribution >= 4 is 85.7 Å². The van der Waals surface area contributed by atoms with E-state index >= 15 is 0 Å². The van der Waals surface area contributed by atoms with Gasteiger partial charge in [-0.25, -0.2) is 0 Å². The van der Waals surface area contributed by atoms with Gasteiger partial charge in [0.1, 0.15) is 0 Å². The zero-order chi connectivity index (χ0) is 33.7. The van der Waals surface area contributed by atoms with Crippen LogP contribution in [0.25, 0.3) is 68.2 Å². The van der Waals surface area contributed by atoms with Crippen LogP contribution in [0, 0.1) is 0 Å². The number of benzene rings is 7. The van der Waals surface area contributed by atoms with Crippen LogP contribution in [-0.2, 0) is 0 Å². The van der Waals surface area contributed by atoms with Crippen molar-refractivity contribution in [1.82, 2.24) is 0 Å². The van der Waals surface area contributed by atoms with Gasteiger partial charge in [0.2, 0.25) is 0 Å². The first-order chi connectivity index (χ1) is 25.2. The number of allylic oxidation sites excluding steroid dienone is 4. The molecule has 0 fully saturated rings. The van der Waals surface area contributed by atoms with Crippen LogP contribution < -0.4 is 4.90 Å². The van der Waals surface area contributed by atoms with Gasteiger partial charge in [0.25, 0.3) is 0 Å². The minimum atomic E-state index is 1.08. The molecule has 0 amide bonds. The largest absolute Gasteiger partial charge is 0.310 e. The van der Waals surface area contributed by atoms with Crippen LogP contribution >= 0.6 is 22.7 Å². The molecule has 2 heterocycles. The smallest absolute Gasteiger partial charge is 0.0467 e. The molecule has 0 N–H and O–H groups in total. The highest BCUT2D eigenvalue weighted by Gasteiger charge is 2.16. The maximum atomic E-state index is 2.41. The predicted molar refractivity (Wildman–Crippen MR) is 224 cm³/mol.